The fourth-order valence-electron chi connectivity index (χ4n) is 2.05. The summed E-state index contributed by atoms with van der Waals surface area (Å²) in [5, 5.41) is 12.5. The van der Waals surface area contributed by atoms with Gasteiger partial charge in [-0.05, 0) is 52.7 Å². The molecule has 1 N–H and O–H groups in total. The van der Waals surface area contributed by atoms with E-state index in [-0.39, 0.29) is 0 Å². The summed E-state index contributed by atoms with van der Waals surface area (Å²) in [6.07, 6.45) is 1.64. The molecule has 0 fully saturated rings. The zero-order chi connectivity index (χ0) is 14.3. The van der Waals surface area contributed by atoms with Gasteiger partial charge in [0.15, 0.2) is 0 Å². The molecule has 1 aromatic carbocycles. The van der Waals surface area contributed by atoms with Gasteiger partial charge >= 0.3 is 0 Å². The summed E-state index contributed by atoms with van der Waals surface area (Å²) in [5.74, 6) is 0.890. The van der Waals surface area contributed by atoms with Crippen molar-refractivity contribution in [3.05, 3.63) is 29.8 Å². The van der Waals surface area contributed by atoms with Crippen molar-refractivity contribution in [1.82, 2.24) is 5.32 Å². The maximum absolute atomic E-state index is 9.23. The maximum atomic E-state index is 9.23. The van der Waals surface area contributed by atoms with E-state index in [1.165, 1.54) is 5.56 Å². The molecule has 19 heavy (non-hydrogen) atoms. The number of nitriles is 1. The highest BCUT2D eigenvalue weighted by atomic mass is 16.5. The predicted molar refractivity (Wildman–Crippen MR) is 78.2 cm³/mol. The topological polar surface area (TPSA) is 45.0 Å². The smallest absolute Gasteiger partial charge is 0.119 e. The van der Waals surface area contributed by atoms with Gasteiger partial charge in [0, 0.05) is 6.04 Å². The highest BCUT2D eigenvalue weighted by Gasteiger charge is 2.23. The number of aryl methyl sites for hydroxylation is 1. The first-order valence-corrected chi connectivity index (χ1v) is 6.83. The second kappa shape index (κ2) is 7.16. The zero-order valence-corrected chi connectivity index (χ0v) is 12.4. The Morgan fingerprint density at radius 1 is 1.32 bits per heavy atom. The van der Waals surface area contributed by atoms with Gasteiger partial charge in [-0.2, -0.15) is 5.26 Å². The predicted octanol–water partition coefficient (Wildman–Crippen LogP) is 3.43. The number of hydrogen-bond acceptors (Lipinski definition) is 3. The molecule has 0 radical (unpaired) electrons. The van der Waals surface area contributed by atoms with Gasteiger partial charge in [-0.1, -0.05) is 17.7 Å². The Balaban J connectivity index is 2.33. The lowest BCUT2D eigenvalue weighted by Crippen LogP contribution is -2.45. The van der Waals surface area contributed by atoms with Crippen LogP contribution in [0.2, 0.25) is 0 Å². The molecule has 0 aliphatic rings. The van der Waals surface area contributed by atoms with Gasteiger partial charge in [-0.15, -0.1) is 0 Å². The van der Waals surface area contributed by atoms with Crippen molar-refractivity contribution in [1.29, 1.82) is 5.26 Å². The van der Waals surface area contributed by atoms with Crippen LogP contribution in [0.25, 0.3) is 0 Å². The van der Waals surface area contributed by atoms with Crippen LogP contribution in [0, 0.1) is 18.3 Å². The summed E-state index contributed by atoms with van der Waals surface area (Å²) in [6, 6.07) is 10.7. The first kappa shape index (κ1) is 15.5. The lowest BCUT2D eigenvalue weighted by atomic mass is 9.97. The van der Waals surface area contributed by atoms with Gasteiger partial charge in [0.25, 0.3) is 0 Å². The molecular weight excluding hydrogens is 236 g/mol. The summed E-state index contributed by atoms with van der Waals surface area (Å²) in [5.41, 5.74) is 0.760. The molecule has 0 spiro atoms. The summed E-state index contributed by atoms with van der Waals surface area (Å²) >= 11 is 0. The van der Waals surface area contributed by atoms with E-state index in [4.69, 9.17) is 4.74 Å². The minimum atomic E-state index is -0.467. The quantitative estimate of drug-likeness (QED) is 0.764. The highest BCUT2D eigenvalue weighted by Crippen LogP contribution is 2.15. The Hall–Kier alpha value is -1.53. The minimum Gasteiger partial charge on any atom is -0.494 e. The Morgan fingerprint density at radius 2 is 1.95 bits per heavy atom. The Labute approximate surface area is 116 Å². The number of nitrogens with one attached hydrogen (secondary N) is 1. The van der Waals surface area contributed by atoms with Gasteiger partial charge < -0.3 is 4.74 Å². The third-order valence-corrected chi connectivity index (χ3v) is 2.96. The van der Waals surface area contributed by atoms with Crippen LogP contribution in [0.3, 0.4) is 0 Å². The van der Waals surface area contributed by atoms with Crippen LogP contribution >= 0.6 is 0 Å². The van der Waals surface area contributed by atoms with Crippen LogP contribution in [0.1, 0.15) is 39.2 Å². The van der Waals surface area contributed by atoms with Crippen LogP contribution in [-0.2, 0) is 0 Å². The van der Waals surface area contributed by atoms with Crippen LogP contribution in [0.5, 0.6) is 5.75 Å². The van der Waals surface area contributed by atoms with Crippen molar-refractivity contribution >= 4 is 0 Å². The molecule has 1 aromatic rings. The molecule has 0 saturated heterocycles. The van der Waals surface area contributed by atoms with Crippen molar-refractivity contribution < 1.29 is 4.74 Å². The molecule has 3 heteroatoms. The number of ether oxygens (including phenoxy) is 1. The van der Waals surface area contributed by atoms with Gasteiger partial charge in [0.2, 0.25) is 0 Å². The molecular formula is C16H24N2O. The zero-order valence-electron chi connectivity index (χ0n) is 12.4. The molecule has 0 aliphatic carbocycles. The molecule has 0 bridgehead atoms. The van der Waals surface area contributed by atoms with Crippen molar-refractivity contribution in [2.75, 3.05) is 6.61 Å². The number of rotatable bonds is 7. The molecule has 3 nitrogen and oxygen atoms in total. The Bertz CT molecular complexity index is 419. The number of benzene rings is 1. The molecule has 0 amide bonds. The van der Waals surface area contributed by atoms with Crippen molar-refractivity contribution in [3.63, 3.8) is 0 Å². The van der Waals surface area contributed by atoms with Crippen molar-refractivity contribution in [2.45, 2.75) is 52.1 Å². The number of hydrogen-bond donors (Lipinski definition) is 1. The van der Waals surface area contributed by atoms with Crippen LogP contribution in [0.4, 0.5) is 0 Å². The van der Waals surface area contributed by atoms with Crippen LogP contribution in [0.15, 0.2) is 24.3 Å². The highest BCUT2D eigenvalue weighted by molar-refractivity contribution is 5.26. The van der Waals surface area contributed by atoms with Gasteiger partial charge in [-0.25, -0.2) is 0 Å². The second-order valence-electron chi connectivity index (χ2n) is 5.51. The van der Waals surface area contributed by atoms with Gasteiger partial charge in [-0.3, -0.25) is 5.32 Å². The third-order valence-electron chi connectivity index (χ3n) is 2.96. The molecule has 104 valence electrons. The first-order valence-electron chi connectivity index (χ1n) is 6.83. The van der Waals surface area contributed by atoms with Crippen molar-refractivity contribution in [2.24, 2.45) is 0 Å². The van der Waals surface area contributed by atoms with E-state index in [9.17, 15) is 5.26 Å². The maximum Gasteiger partial charge on any atom is 0.119 e. The molecule has 1 unspecified atom stereocenters. The number of nitrogens with zero attached hydrogens (tertiary/aromatic N) is 1. The lowest BCUT2D eigenvalue weighted by Gasteiger charge is -2.25. The fraction of sp³-hybridized carbons (Fsp3) is 0.562. The average Bonchev–Trinajstić information content (AvgIpc) is 2.36. The van der Waals surface area contributed by atoms with E-state index in [1.54, 1.807) is 0 Å². The molecule has 1 atom stereocenters. The van der Waals surface area contributed by atoms with E-state index in [2.05, 4.69) is 32.2 Å². The van der Waals surface area contributed by atoms with E-state index in [1.807, 2.05) is 31.2 Å². The van der Waals surface area contributed by atoms with E-state index in [0.717, 1.165) is 18.6 Å². The van der Waals surface area contributed by atoms with E-state index < -0.39 is 5.54 Å². The van der Waals surface area contributed by atoms with Gasteiger partial charge in [0.1, 0.15) is 11.3 Å². The summed E-state index contributed by atoms with van der Waals surface area (Å²) < 4.78 is 5.67. The molecule has 0 heterocycles. The first-order chi connectivity index (χ1) is 8.95. The molecule has 0 aromatic heterocycles. The van der Waals surface area contributed by atoms with Crippen LogP contribution < -0.4 is 10.1 Å². The largest absolute Gasteiger partial charge is 0.494 e. The third kappa shape index (κ3) is 5.76. The van der Waals surface area contributed by atoms with Gasteiger partial charge in [0.05, 0.1) is 12.7 Å². The fourth-order valence-corrected chi connectivity index (χ4v) is 2.05. The molecule has 0 saturated carbocycles. The molecule has 0 aliphatic heterocycles. The van der Waals surface area contributed by atoms with E-state index in [0.29, 0.717) is 12.6 Å². The SMILES string of the molecule is Cc1ccc(OCCCC(C)(C#N)NC(C)C)cc1. The van der Waals surface area contributed by atoms with Crippen molar-refractivity contribution in [3.8, 4) is 11.8 Å². The minimum absolute atomic E-state index is 0.308. The lowest BCUT2D eigenvalue weighted by molar-refractivity contribution is 0.280. The van der Waals surface area contributed by atoms with Crippen LogP contribution in [-0.4, -0.2) is 18.2 Å². The Kier molecular flexibility index (Phi) is 5.85. The second-order valence-corrected chi connectivity index (χ2v) is 5.51. The monoisotopic (exact) mass is 260 g/mol. The summed E-state index contributed by atoms with van der Waals surface area (Å²) in [4.78, 5) is 0. The Morgan fingerprint density at radius 3 is 2.47 bits per heavy atom. The summed E-state index contributed by atoms with van der Waals surface area (Å²) in [7, 11) is 0. The van der Waals surface area contributed by atoms with E-state index >= 15 is 0 Å². The molecule has 1 rings (SSSR count). The summed E-state index contributed by atoms with van der Waals surface area (Å²) in [6.45, 7) is 8.75. The normalized spacial score (nSPS) is 13.9. The average molecular weight is 260 g/mol. The standard InChI is InChI=1S/C16H24N2O/c1-13(2)18-16(4,12-17)10-5-11-19-15-8-6-14(3)7-9-15/h6-9,13,18H,5,10-11H2,1-4H3.